The van der Waals surface area contributed by atoms with Gasteiger partial charge in [0.25, 0.3) is 5.91 Å². The Hall–Kier alpha value is -2.15. The highest BCUT2D eigenvalue weighted by molar-refractivity contribution is 7.16. The van der Waals surface area contributed by atoms with Gasteiger partial charge in [-0.15, -0.1) is 11.3 Å². The van der Waals surface area contributed by atoms with Crippen molar-refractivity contribution in [1.29, 1.82) is 0 Å². The molecule has 0 aromatic carbocycles. The molecule has 6 nitrogen and oxygen atoms in total. The lowest BCUT2D eigenvalue weighted by Crippen LogP contribution is -2.36. The van der Waals surface area contributed by atoms with Crippen LogP contribution in [0.3, 0.4) is 0 Å². The van der Waals surface area contributed by atoms with Gasteiger partial charge in [0.1, 0.15) is 5.00 Å². The van der Waals surface area contributed by atoms with Gasteiger partial charge in [-0.05, 0) is 46.1 Å². The summed E-state index contributed by atoms with van der Waals surface area (Å²) in [5.41, 5.74) is 8.52. The smallest absolute Gasteiger partial charge is 0.307 e. The minimum Gasteiger partial charge on any atom is -0.481 e. The van der Waals surface area contributed by atoms with Gasteiger partial charge >= 0.3 is 5.97 Å². The van der Waals surface area contributed by atoms with E-state index in [1.807, 2.05) is 20.8 Å². The highest BCUT2D eigenvalue weighted by Gasteiger charge is 2.37. The molecule has 0 saturated carbocycles. The van der Waals surface area contributed by atoms with Crippen molar-refractivity contribution >= 4 is 34.1 Å². The van der Waals surface area contributed by atoms with Crippen LogP contribution in [0.5, 0.6) is 0 Å². The van der Waals surface area contributed by atoms with Crippen LogP contribution in [0.1, 0.15) is 47.5 Å². The molecule has 24 heavy (non-hydrogen) atoms. The van der Waals surface area contributed by atoms with E-state index in [0.717, 1.165) is 21.6 Å². The Balaban J connectivity index is 2.31. The first-order chi connectivity index (χ1) is 11.1. The van der Waals surface area contributed by atoms with Crippen LogP contribution in [0.4, 0.5) is 5.00 Å². The lowest BCUT2D eigenvalue weighted by Gasteiger charge is -2.29. The highest BCUT2D eigenvalue weighted by Crippen LogP contribution is 2.37. The van der Waals surface area contributed by atoms with Crippen molar-refractivity contribution < 1.29 is 19.5 Å². The number of carboxylic acids is 1. The summed E-state index contributed by atoms with van der Waals surface area (Å²) >= 11 is 1.28. The fourth-order valence-corrected chi connectivity index (χ4v) is 4.11. The van der Waals surface area contributed by atoms with Crippen molar-refractivity contribution in [2.75, 3.05) is 5.32 Å². The number of anilines is 1. The van der Waals surface area contributed by atoms with Crippen molar-refractivity contribution in [3.63, 3.8) is 0 Å². The van der Waals surface area contributed by atoms with Gasteiger partial charge in [0.05, 0.1) is 17.4 Å². The largest absolute Gasteiger partial charge is 0.481 e. The molecule has 0 fully saturated rings. The van der Waals surface area contributed by atoms with Gasteiger partial charge in [-0.25, -0.2) is 0 Å². The second-order valence-electron chi connectivity index (χ2n) is 6.36. The van der Waals surface area contributed by atoms with E-state index in [0.29, 0.717) is 23.4 Å². The summed E-state index contributed by atoms with van der Waals surface area (Å²) in [4.78, 5) is 36.8. The first-order valence-electron chi connectivity index (χ1n) is 7.72. The lowest BCUT2D eigenvalue weighted by molar-refractivity contribution is -0.146. The van der Waals surface area contributed by atoms with E-state index in [2.05, 4.69) is 5.32 Å². The molecule has 2 amide bonds. The number of aryl methyl sites for hydroxylation is 1. The summed E-state index contributed by atoms with van der Waals surface area (Å²) in [6.45, 7) is 7.44. The zero-order valence-electron chi connectivity index (χ0n) is 14.2. The monoisotopic (exact) mass is 350 g/mol. The molecule has 4 N–H and O–H groups in total. The van der Waals surface area contributed by atoms with E-state index >= 15 is 0 Å². The number of hydrogen-bond acceptors (Lipinski definition) is 4. The standard InChI is InChI=1S/C17H22N2O4S/c1-7-5-11(12(17(22)23)6-8(7)2)15(21)19-16-13(14(18)20)9(3)10(4)24-16/h11-12H,5-6H2,1-4H3,(H2,18,20)(H,19,21)(H,22,23). The third-order valence-corrected chi connectivity index (χ3v) is 5.91. The number of hydrogen-bond donors (Lipinski definition) is 3. The summed E-state index contributed by atoms with van der Waals surface area (Å²) in [5, 5.41) is 12.6. The van der Waals surface area contributed by atoms with Gasteiger partial charge in [-0.3, -0.25) is 14.4 Å². The average Bonchev–Trinajstić information content (AvgIpc) is 2.75. The number of rotatable bonds is 4. The van der Waals surface area contributed by atoms with E-state index in [1.165, 1.54) is 11.3 Å². The van der Waals surface area contributed by atoms with Crippen LogP contribution >= 0.6 is 11.3 Å². The van der Waals surface area contributed by atoms with E-state index in [-0.39, 0.29) is 5.91 Å². The van der Waals surface area contributed by atoms with Gasteiger partial charge in [0.15, 0.2) is 0 Å². The first-order valence-corrected chi connectivity index (χ1v) is 8.53. The van der Waals surface area contributed by atoms with E-state index in [1.54, 1.807) is 6.92 Å². The molecule has 0 bridgehead atoms. The van der Waals surface area contributed by atoms with Gasteiger partial charge in [-0.1, -0.05) is 11.1 Å². The summed E-state index contributed by atoms with van der Waals surface area (Å²) in [6.07, 6.45) is 0.772. The predicted molar refractivity (Wildman–Crippen MR) is 93.2 cm³/mol. The Bertz CT molecular complexity index is 748. The Kier molecular flexibility index (Phi) is 5.13. The third-order valence-electron chi connectivity index (χ3n) is 4.79. The zero-order chi connectivity index (χ0) is 18.2. The molecule has 0 saturated heterocycles. The number of carbonyl (C=O) groups excluding carboxylic acids is 2. The van der Waals surface area contributed by atoms with Crippen molar-refractivity contribution in [3.05, 3.63) is 27.2 Å². The highest BCUT2D eigenvalue weighted by atomic mass is 32.1. The van der Waals surface area contributed by atoms with Crippen LogP contribution < -0.4 is 11.1 Å². The maximum atomic E-state index is 12.7. The molecule has 1 heterocycles. The summed E-state index contributed by atoms with van der Waals surface area (Å²) < 4.78 is 0. The van der Waals surface area contributed by atoms with E-state index < -0.39 is 23.7 Å². The number of nitrogens with one attached hydrogen (secondary N) is 1. The molecule has 1 aliphatic rings. The summed E-state index contributed by atoms with van der Waals surface area (Å²) in [6, 6.07) is 0. The van der Waals surface area contributed by atoms with E-state index in [9.17, 15) is 19.5 Å². The topological polar surface area (TPSA) is 109 Å². The second kappa shape index (κ2) is 6.76. The number of thiophene rings is 1. The summed E-state index contributed by atoms with van der Waals surface area (Å²) in [7, 11) is 0. The quantitative estimate of drug-likeness (QED) is 0.725. The van der Waals surface area contributed by atoms with Crippen LogP contribution in [-0.4, -0.2) is 22.9 Å². The van der Waals surface area contributed by atoms with Crippen LogP contribution in [0.15, 0.2) is 11.1 Å². The number of allylic oxidation sites excluding steroid dienone is 2. The molecule has 7 heteroatoms. The predicted octanol–water partition coefficient (Wildman–Crippen LogP) is 2.85. The fraction of sp³-hybridized carbons (Fsp3) is 0.471. The lowest BCUT2D eigenvalue weighted by atomic mass is 9.76. The normalized spacial score (nSPS) is 20.8. The molecule has 2 rings (SSSR count). The Morgan fingerprint density at radius 3 is 2.12 bits per heavy atom. The third kappa shape index (κ3) is 3.36. The number of nitrogens with two attached hydrogens (primary N) is 1. The zero-order valence-corrected chi connectivity index (χ0v) is 15.0. The van der Waals surface area contributed by atoms with E-state index in [4.69, 9.17) is 5.73 Å². The molecule has 1 aromatic rings. The molecular formula is C17H22N2O4S. The molecule has 1 aliphatic carbocycles. The second-order valence-corrected chi connectivity index (χ2v) is 7.59. The van der Waals surface area contributed by atoms with Gasteiger partial charge in [0.2, 0.25) is 5.91 Å². The molecule has 0 radical (unpaired) electrons. The number of amides is 2. The fourth-order valence-electron chi connectivity index (χ4n) is 3.04. The van der Waals surface area contributed by atoms with Crippen molar-refractivity contribution in [3.8, 4) is 0 Å². The molecule has 2 unspecified atom stereocenters. The van der Waals surface area contributed by atoms with Gasteiger partial charge in [0, 0.05) is 4.88 Å². The Labute approximate surface area is 144 Å². The molecule has 2 atom stereocenters. The number of carboxylic acid groups (broad SMARTS) is 1. The Morgan fingerprint density at radius 1 is 1.08 bits per heavy atom. The van der Waals surface area contributed by atoms with Gasteiger partial charge in [-0.2, -0.15) is 0 Å². The van der Waals surface area contributed by atoms with Crippen LogP contribution in [-0.2, 0) is 9.59 Å². The molecule has 1 aromatic heterocycles. The molecule has 0 spiro atoms. The van der Waals surface area contributed by atoms with Crippen molar-refractivity contribution in [2.24, 2.45) is 17.6 Å². The van der Waals surface area contributed by atoms with Crippen LogP contribution in [0.2, 0.25) is 0 Å². The Morgan fingerprint density at radius 2 is 1.62 bits per heavy atom. The first kappa shape index (κ1) is 18.2. The molecule has 130 valence electrons. The number of aliphatic carboxylic acids is 1. The van der Waals surface area contributed by atoms with Crippen LogP contribution in [0, 0.1) is 25.7 Å². The summed E-state index contributed by atoms with van der Waals surface area (Å²) in [5.74, 6) is -3.37. The van der Waals surface area contributed by atoms with Crippen molar-refractivity contribution in [1.82, 2.24) is 0 Å². The number of carbonyl (C=O) groups is 3. The minimum atomic E-state index is -0.976. The molecular weight excluding hydrogens is 328 g/mol. The molecule has 0 aliphatic heterocycles. The van der Waals surface area contributed by atoms with Gasteiger partial charge < -0.3 is 16.2 Å². The average molecular weight is 350 g/mol. The minimum absolute atomic E-state index is 0.303. The number of primary amides is 1. The van der Waals surface area contributed by atoms with Crippen LogP contribution in [0.25, 0.3) is 0 Å². The maximum Gasteiger partial charge on any atom is 0.307 e. The van der Waals surface area contributed by atoms with Crippen molar-refractivity contribution in [2.45, 2.75) is 40.5 Å². The maximum absolute atomic E-state index is 12.7. The SMILES string of the molecule is CC1=C(C)CC(C(=O)Nc2sc(C)c(C)c2C(N)=O)C(C(=O)O)C1.